The van der Waals surface area contributed by atoms with Gasteiger partial charge in [-0.1, -0.05) is 6.07 Å². The summed E-state index contributed by atoms with van der Waals surface area (Å²) in [6.07, 6.45) is -0.719. The molecule has 2 N–H and O–H groups in total. The lowest BCUT2D eigenvalue weighted by Crippen LogP contribution is -2.29. The Morgan fingerprint density at radius 1 is 1.08 bits per heavy atom. The number of halogens is 4. The average Bonchev–Trinajstić information content (AvgIpc) is 3.20. The van der Waals surface area contributed by atoms with E-state index < -0.39 is 34.8 Å². The minimum Gasteiger partial charge on any atom is -0.459 e. The normalized spacial score (nSPS) is 17.1. The minimum atomic E-state index is -4.69. The van der Waals surface area contributed by atoms with Crippen LogP contribution in [0.25, 0.3) is 11.4 Å². The number of hydrogen-bond donors (Lipinski definition) is 2. The van der Waals surface area contributed by atoms with Crippen LogP contribution in [-0.2, 0) is 21.1 Å². The van der Waals surface area contributed by atoms with Crippen LogP contribution in [0.4, 0.5) is 23.2 Å². The third kappa shape index (κ3) is 4.54. The van der Waals surface area contributed by atoms with E-state index in [2.05, 4.69) is 25.9 Å². The molecule has 3 aromatic rings. The van der Waals surface area contributed by atoms with Gasteiger partial charge in [0.05, 0.1) is 16.5 Å². The number of H-pyrrole nitrogens is 1. The second-order valence-electron chi connectivity index (χ2n) is 9.05. The van der Waals surface area contributed by atoms with E-state index in [1.807, 2.05) is 0 Å². The van der Waals surface area contributed by atoms with Crippen molar-refractivity contribution in [2.45, 2.75) is 56.2 Å². The molecule has 12 heteroatoms. The van der Waals surface area contributed by atoms with Gasteiger partial charge >= 0.3 is 12.1 Å². The summed E-state index contributed by atoms with van der Waals surface area (Å²) in [5.74, 6) is -2.02. The molecule has 0 radical (unpaired) electrons. The highest BCUT2D eigenvalue weighted by molar-refractivity contribution is 6.03. The Labute approximate surface area is 202 Å². The lowest BCUT2D eigenvalue weighted by Gasteiger charge is -2.19. The Morgan fingerprint density at radius 3 is 2.44 bits per heavy atom. The maximum absolute atomic E-state index is 14.6. The largest absolute Gasteiger partial charge is 0.459 e. The van der Waals surface area contributed by atoms with Crippen LogP contribution in [0.15, 0.2) is 36.4 Å². The van der Waals surface area contributed by atoms with Crippen LogP contribution >= 0.6 is 0 Å². The number of carbonyl (C=O) groups is 2. The molecule has 2 aromatic carbocycles. The second-order valence-corrected chi connectivity index (χ2v) is 9.05. The molecule has 0 spiro atoms. The van der Waals surface area contributed by atoms with E-state index in [0.29, 0.717) is 11.6 Å². The van der Waals surface area contributed by atoms with Gasteiger partial charge in [0.15, 0.2) is 5.82 Å². The SMILES string of the molecule is O=C(OC1CCCC1)c1ccc(NC(=O)C2(c3ccc(C(F)(F)F)cc3F)CC2)cc1-c1nnn[nH]1. The van der Waals surface area contributed by atoms with Gasteiger partial charge in [0, 0.05) is 16.8 Å². The number of aromatic nitrogens is 4. The zero-order valence-electron chi connectivity index (χ0n) is 18.9. The molecule has 2 aliphatic carbocycles. The number of tetrazole rings is 1. The second kappa shape index (κ2) is 8.99. The van der Waals surface area contributed by atoms with Crippen molar-refractivity contribution >= 4 is 17.6 Å². The number of rotatable bonds is 6. The van der Waals surface area contributed by atoms with E-state index in [0.717, 1.165) is 37.8 Å². The number of aromatic amines is 1. The van der Waals surface area contributed by atoms with Crippen molar-refractivity contribution in [3.05, 3.63) is 58.9 Å². The van der Waals surface area contributed by atoms with Gasteiger partial charge in [-0.15, -0.1) is 5.10 Å². The average molecular weight is 503 g/mol. The monoisotopic (exact) mass is 503 g/mol. The maximum Gasteiger partial charge on any atom is 0.416 e. The van der Waals surface area contributed by atoms with Crippen molar-refractivity contribution in [2.75, 3.05) is 5.32 Å². The van der Waals surface area contributed by atoms with Gasteiger partial charge in [0.2, 0.25) is 5.91 Å². The molecule has 1 heterocycles. The predicted molar refractivity (Wildman–Crippen MR) is 118 cm³/mol. The van der Waals surface area contributed by atoms with E-state index in [1.54, 1.807) is 0 Å². The maximum atomic E-state index is 14.6. The van der Waals surface area contributed by atoms with Crippen LogP contribution in [0, 0.1) is 5.82 Å². The predicted octanol–water partition coefficient (Wildman–Crippen LogP) is 4.79. The van der Waals surface area contributed by atoms with E-state index in [1.165, 1.54) is 18.2 Å². The summed E-state index contributed by atoms with van der Waals surface area (Å²) in [5.41, 5.74) is -1.71. The van der Waals surface area contributed by atoms with Crippen LogP contribution in [0.5, 0.6) is 0 Å². The molecule has 0 unspecified atom stereocenters. The van der Waals surface area contributed by atoms with Gasteiger partial charge < -0.3 is 10.1 Å². The first-order valence-corrected chi connectivity index (χ1v) is 11.5. The van der Waals surface area contributed by atoms with Crippen molar-refractivity contribution in [3.63, 3.8) is 0 Å². The van der Waals surface area contributed by atoms with Gasteiger partial charge in [-0.3, -0.25) is 4.79 Å². The van der Waals surface area contributed by atoms with E-state index in [4.69, 9.17) is 4.74 Å². The Hall–Kier alpha value is -3.83. The number of nitrogens with one attached hydrogen (secondary N) is 2. The molecule has 5 rings (SSSR count). The molecule has 36 heavy (non-hydrogen) atoms. The molecular weight excluding hydrogens is 482 g/mol. The number of nitrogens with zero attached hydrogens (tertiary/aromatic N) is 3. The Morgan fingerprint density at radius 2 is 1.83 bits per heavy atom. The van der Waals surface area contributed by atoms with Crippen molar-refractivity contribution in [2.24, 2.45) is 0 Å². The Balaban J connectivity index is 1.40. The van der Waals surface area contributed by atoms with Crippen molar-refractivity contribution in [1.29, 1.82) is 0 Å². The topological polar surface area (TPSA) is 110 Å². The zero-order valence-corrected chi connectivity index (χ0v) is 18.9. The lowest BCUT2D eigenvalue weighted by molar-refractivity contribution is -0.137. The number of hydrogen-bond acceptors (Lipinski definition) is 6. The number of ether oxygens (including phenoxy) is 1. The highest BCUT2D eigenvalue weighted by Crippen LogP contribution is 2.50. The first kappa shape index (κ1) is 23.9. The molecule has 0 atom stereocenters. The fourth-order valence-corrected chi connectivity index (χ4v) is 4.56. The van der Waals surface area contributed by atoms with Crippen LogP contribution in [-0.4, -0.2) is 38.6 Å². The van der Waals surface area contributed by atoms with Gasteiger partial charge in [0.1, 0.15) is 11.9 Å². The standard InChI is InChI=1S/C24H21F4N5O3/c25-19-11-13(24(26,27)28)5-8-18(19)23(9-10-23)22(35)29-14-6-7-16(17(12-14)20-30-32-33-31-20)21(34)36-15-3-1-2-4-15/h5-8,11-12,15H,1-4,9-10H2,(H,29,35)(H,30,31,32,33). The van der Waals surface area contributed by atoms with Crippen molar-refractivity contribution < 1.29 is 31.9 Å². The highest BCUT2D eigenvalue weighted by Gasteiger charge is 2.53. The number of carbonyl (C=O) groups excluding carboxylic acids is 2. The van der Waals surface area contributed by atoms with Crippen molar-refractivity contribution in [3.8, 4) is 11.4 Å². The first-order chi connectivity index (χ1) is 17.2. The smallest absolute Gasteiger partial charge is 0.416 e. The minimum absolute atomic E-state index is 0.0931. The third-order valence-corrected chi connectivity index (χ3v) is 6.67. The number of amides is 1. The molecule has 2 fully saturated rings. The van der Waals surface area contributed by atoms with Gasteiger partial charge in [-0.05, 0) is 79.3 Å². The number of alkyl halides is 3. The quantitative estimate of drug-likeness (QED) is 0.370. The summed E-state index contributed by atoms with van der Waals surface area (Å²) in [4.78, 5) is 26.0. The summed E-state index contributed by atoms with van der Waals surface area (Å²) < 4.78 is 59.0. The van der Waals surface area contributed by atoms with Crippen LogP contribution in [0.1, 0.15) is 60.0 Å². The number of anilines is 1. The molecule has 1 amide bonds. The third-order valence-electron chi connectivity index (χ3n) is 6.67. The molecule has 0 saturated heterocycles. The van der Waals surface area contributed by atoms with Crippen molar-refractivity contribution in [1.82, 2.24) is 20.6 Å². The van der Waals surface area contributed by atoms with Crippen LogP contribution in [0.3, 0.4) is 0 Å². The summed E-state index contributed by atoms with van der Waals surface area (Å²) in [6, 6.07) is 6.65. The summed E-state index contributed by atoms with van der Waals surface area (Å²) in [6.45, 7) is 0. The van der Waals surface area contributed by atoms with E-state index >= 15 is 0 Å². The summed E-state index contributed by atoms with van der Waals surface area (Å²) in [7, 11) is 0. The summed E-state index contributed by atoms with van der Waals surface area (Å²) >= 11 is 0. The molecule has 2 saturated carbocycles. The van der Waals surface area contributed by atoms with E-state index in [-0.39, 0.29) is 41.6 Å². The number of benzene rings is 2. The fourth-order valence-electron chi connectivity index (χ4n) is 4.56. The molecule has 0 bridgehead atoms. The van der Waals surface area contributed by atoms with Gasteiger partial charge in [-0.2, -0.15) is 13.2 Å². The summed E-state index contributed by atoms with van der Waals surface area (Å²) in [5, 5.41) is 16.2. The van der Waals surface area contributed by atoms with E-state index in [9.17, 15) is 27.2 Å². The van der Waals surface area contributed by atoms with Crippen LogP contribution < -0.4 is 5.32 Å². The molecule has 188 valence electrons. The molecule has 1 aromatic heterocycles. The molecule has 2 aliphatic rings. The molecule has 8 nitrogen and oxygen atoms in total. The lowest BCUT2D eigenvalue weighted by atomic mass is 9.93. The first-order valence-electron chi connectivity index (χ1n) is 11.5. The number of esters is 1. The van der Waals surface area contributed by atoms with Gasteiger partial charge in [-0.25, -0.2) is 14.3 Å². The molecule has 0 aliphatic heterocycles. The Kier molecular flexibility index (Phi) is 5.97. The van der Waals surface area contributed by atoms with Gasteiger partial charge in [0.25, 0.3) is 0 Å². The zero-order chi connectivity index (χ0) is 25.5. The Bertz CT molecular complexity index is 1300. The highest BCUT2D eigenvalue weighted by atomic mass is 19.4. The fraction of sp³-hybridized carbons (Fsp3) is 0.375. The van der Waals surface area contributed by atoms with Crippen LogP contribution in [0.2, 0.25) is 0 Å². The molecular formula is C24H21F4N5O3.